The summed E-state index contributed by atoms with van der Waals surface area (Å²) in [7, 11) is 0. The van der Waals surface area contributed by atoms with Crippen molar-refractivity contribution >= 4 is 5.91 Å². The Labute approximate surface area is 106 Å². The zero-order valence-electron chi connectivity index (χ0n) is 10.3. The highest BCUT2D eigenvalue weighted by atomic mass is 16.5. The summed E-state index contributed by atoms with van der Waals surface area (Å²) in [5.41, 5.74) is 1.89. The van der Waals surface area contributed by atoms with Crippen molar-refractivity contribution in [3.63, 3.8) is 0 Å². The van der Waals surface area contributed by atoms with Gasteiger partial charge in [0, 0.05) is 12.6 Å². The smallest absolute Gasteiger partial charge is 0.226 e. The molecule has 0 aliphatic rings. The van der Waals surface area contributed by atoms with Crippen LogP contribution in [0.2, 0.25) is 0 Å². The molecule has 0 unspecified atom stereocenters. The first-order chi connectivity index (χ1) is 8.74. The molecular weight excluding hydrogens is 228 g/mol. The summed E-state index contributed by atoms with van der Waals surface area (Å²) in [4.78, 5) is 11.6. The minimum absolute atomic E-state index is 0.0285. The van der Waals surface area contributed by atoms with Crippen molar-refractivity contribution < 1.29 is 9.32 Å². The third-order valence-electron chi connectivity index (χ3n) is 2.60. The Morgan fingerprint density at radius 3 is 2.78 bits per heavy atom. The van der Waals surface area contributed by atoms with E-state index in [4.69, 9.17) is 4.52 Å². The minimum atomic E-state index is -0.0285. The van der Waals surface area contributed by atoms with E-state index in [1.807, 2.05) is 37.3 Å². The van der Waals surface area contributed by atoms with Crippen molar-refractivity contribution in [2.75, 3.05) is 6.54 Å². The number of hydrogen-bond donors (Lipinski definition) is 1. The predicted molar refractivity (Wildman–Crippen MR) is 68.1 cm³/mol. The van der Waals surface area contributed by atoms with Crippen LogP contribution in [-0.2, 0) is 17.6 Å². The van der Waals surface area contributed by atoms with E-state index < -0.39 is 0 Å². The van der Waals surface area contributed by atoms with Crippen LogP contribution in [0.15, 0.2) is 40.9 Å². The third-order valence-corrected chi connectivity index (χ3v) is 2.60. The van der Waals surface area contributed by atoms with Gasteiger partial charge in [0.2, 0.25) is 5.91 Å². The van der Waals surface area contributed by atoms with Crippen LogP contribution in [0.1, 0.15) is 17.0 Å². The van der Waals surface area contributed by atoms with Gasteiger partial charge in [0.15, 0.2) is 0 Å². The fourth-order valence-corrected chi connectivity index (χ4v) is 1.72. The van der Waals surface area contributed by atoms with Crippen LogP contribution < -0.4 is 5.32 Å². The molecular formula is C14H16N2O2. The van der Waals surface area contributed by atoms with Gasteiger partial charge in [-0.25, -0.2) is 0 Å². The first-order valence-corrected chi connectivity index (χ1v) is 5.97. The largest absolute Gasteiger partial charge is 0.361 e. The van der Waals surface area contributed by atoms with E-state index >= 15 is 0 Å². The number of aromatic nitrogens is 1. The number of amides is 1. The van der Waals surface area contributed by atoms with Gasteiger partial charge in [-0.2, -0.15) is 0 Å². The molecule has 4 nitrogen and oxygen atoms in total. The number of nitrogens with zero attached hydrogens (tertiary/aromatic N) is 1. The molecule has 4 heteroatoms. The SMILES string of the molecule is Cc1cc(CC(=O)NCCc2ccccc2)no1. The summed E-state index contributed by atoms with van der Waals surface area (Å²) >= 11 is 0. The number of nitrogens with one attached hydrogen (secondary N) is 1. The molecule has 1 amide bonds. The highest BCUT2D eigenvalue weighted by molar-refractivity contribution is 5.78. The standard InChI is InChI=1S/C14H16N2O2/c1-11-9-13(16-18-11)10-14(17)15-8-7-12-5-3-2-4-6-12/h2-6,9H,7-8,10H2,1H3,(H,15,17). The number of benzene rings is 1. The molecule has 0 aliphatic carbocycles. The van der Waals surface area contributed by atoms with Crippen molar-refractivity contribution in [2.24, 2.45) is 0 Å². The molecule has 0 spiro atoms. The second-order valence-electron chi connectivity index (χ2n) is 4.19. The van der Waals surface area contributed by atoms with Gasteiger partial charge in [0.1, 0.15) is 5.76 Å². The summed E-state index contributed by atoms with van der Waals surface area (Å²) in [6.45, 7) is 2.45. The number of hydrogen-bond acceptors (Lipinski definition) is 3. The molecule has 0 fully saturated rings. The fraction of sp³-hybridized carbons (Fsp3) is 0.286. The monoisotopic (exact) mass is 244 g/mol. The molecule has 0 atom stereocenters. The Morgan fingerprint density at radius 1 is 1.33 bits per heavy atom. The molecule has 0 saturated heterocycles. The van der Waals surface area contributed by atoms with Crippen LogP contribution >= 0.6 is 0 Å². The predicted octanol–water partition coefficient (Wildman–Crippen LogP) is 1.88. The lowest BCUT2D eigenvalue weighted by Gasteiger charge is -2.03. The molecule has 1 aromatic carbocycles. The molecule has 0 bridgehead atoms. The van der Waals surface area contributed by atoms with Crippen molar-refractivity contribution in [3.05, 3.63) is 53.4 Å². The van der Waals surface area contributed by atoms with E-state index in [-0.39, 0.29) is 12.3 Å². The van der Waals surface area contributed by atoms with Crippen LogP contribution in [0.4, 0.5) is 0 Å². The molecule has 1 aromatic heterocycles. The quantitative estimate of drug-likeness (QED) is 0.873. The summed E-state index contributed by atoms with van der Waals surface area (Å²) in [5.74, 6) is 0.696. The Hall–Kier alpha value is -2.10. The van der Waals surface area contributed by atoms with E-state index in [0.717, 1.165) is 12.2 Å². The molecule has 18 heavy (non-hydrogen) atoms. The van der Waals surface area contributed by atoms with E-state index in [9.17, 15) is 4.79 Å². The zero-order chi connectivity index (χ0) is 12.8. The summed E-state index contributed by atoms with van der Waals surface area (Å²) in [6, 6.07) is 11.8. The summed E-state index contributed by atoms with van der Waals surface area (Å²) < 4.78 is 4.91. The maximum Gasteiger partial charge on any atom is 0.226 e. The molecule has 2 rings (SSSR count). The second kappa shape index (κ2) is 6.00. The van der Waals surface area contributed by atoms with Crippen LogP contribution in [-0.4, -0.2) is 17.6 Å². The number of rotatable bonds is 5. The van der Waals surface area contributed by atoms with Gasteiger partial charge in [-0.15, -0.1) is 0 Å². The van der Waals surface area contributed by atoms with Gasteiger partial charge >= 0.3 is 0 Å². The van der Waals surface area contributed by atoms with Crippen molar-refractivity contribution in [1.29, 1.82) is 0 Å². The molecule has 0 radical (unpaired) electrons. The number of carbonyl (C=O) groups is 1. The van der Waals surface area contributed by atoms with E-state index in [2.05, 4.69) is 10.5 Å². The Bertz CT molecular complexity index is 506. The van der Waals surface area contributed by atoms with Crippen molar-refractivity contribution in [3.8, 4) is 0 Å². The first-order valence-electron chi connectivity index (χ1n) is 5.97. The molecule has 1 heterocycles. The second-order valence-corrected chi connectivity index (χ2v) is 4.19. The highest BCUT2D eigenvalue weighted by Crippen LogP contribution is 2.02. The lowest BCUT2D eigenvalue weighted by Crippen LogP contribution is -2.27. The third kappa shape index (κ3) is 3.73. The summed E-state index contributed by atoms with van der Waals surface area (Å²) in [5, 5.41) is 6.65. The maximum absolute atomic E-state index is 11.6. The van der Waals surface area contributed by atoms with Crippen LogP contribution in [0.25, 0.3) is 0 Å². The van der Waals surface area contributed by atoms with E-state index in [1.165, 1.54) is 5.56 Å². The molecule has 0 saturated carbocycles. The molecule has 2 aromatic rings. The van der Waals surface area contributed by atoms with Gasteiger partial charge in [0.25, 0.3) is 0 Å². The first kappa shape index (κ1) is 12.4. The van der Waals surface area contributed by atoms with Gasteiger partial charge in [-0.3, -0.25) is 4.79 Å². The lowest BCUT2D eigenvalue weighted by atomic mass is 10.1. The van der Waals surface area contributed by atoms with Crippen LogP contribution in [0, 0.1) is 6.92 Å². The number of carbonyl (C=O) groups excluding carboxylic acids is 1. The normalized spacial score (nSPS) is 10.3. The van der Waals surface area contributed by atoms with Gasteiger partial charge in [-0.05, 0) is 18.9 Å². The lowest BCUT2D eigenvalue weighted by molar-refractivity contribution is -0.120. The highest BCUT2D eigenvalue weighted by Gasteiger charge is 2.06. The van der Waals surface area contributed by atoms with E-state index in [1.54, 1.807) is 6.07 Å². The van der Waals surface area contributed by atoms with Gasteiger partial charge in [0.05, 0.1) is 12.1 Å². The molecule has 1 N–H and O–H groups in total. The number of aryl methyl sites for hydroxylation is 1. The fourth-order valence-electron chi connectivity index (χ4n) is 1.72. The van der Waals surface area contributed by atoms with Crippen molar-refractivity contribution in [2.45, 2.75) is 19.8 Å². The average molecular weight is 244 g/mol. The van der Waals surface area contributed by atoms with Crippen LogP contribution in [0.3, 0.4) is 0 Å². The Kier molecular flexibility index (Phi) is 4.12. The Balaban J connectivity index is 1.72. The molecule has 94 valence electrons. The Morgan fingerprint density at radius 2 is 2.11 bits per heavy atom. The van der Waals surface area contributed by atoms with Gasteiger partial charge < -0.3 is 9.84 Å². The van der Waals surface area contributed by atoms with E-state index in [0.29, 0.717) is 12.2 Å². The zero-order valence-corrected chi connectivity index (χ0v) is 10.3. The maximum atomic E-state index is 11.6. The van der Waals surface area contributed by atoms with Crippen molar-refractivity contribution in [1.82, 2.24) is 10.5 Å². The van der Waals surface area contributed by atoms with Gasteiger partial charge in [-0.1, -0.05) is 35.5 Å². The topological polar surface area (TPSA) is 55.1 Å². The van der Waals surface area contributed by atoms with Crippen LogP contribution in [0.5, 0.6) is 0 Å². The minimum Gasteiger partial charge on any atom is -0.361 e. The summed E-state index contributed by atoms with van der Waals surface area (Å²) in [6.07, 6.45) is 1.11. The molecule has 0 aliphatic heterocycles. The average Bonchev–Trinajstić information content (AvgIpc) is 2.76.